The van der Waals surface area contributed by atoms with Crippen molar-refractivity contribution in [1.29, 1.82) is 0 Å². The van der Waals surface area contributed by atoms with Gasteiger partial charge in [-0.2, -0.15) is 0 Å². The maximum absolute atomic E-state index is 2.30. The number of benzene rings is 2. The van der Waals surface area contributed by atoms with Crippen LogP contribution in [0, 0.1) is 37.5 Å². The zero-order chi connectivity index (χ0) is 18.6. The number of aryl methyl sites for hydroxylation is 2. The summed E-state index contributed by atoms with van der Waals surface area (Å²) in [7, 11) is 0. The second-order valence-corrected chi connectivity index (χ2v) is 10.9. The Kier molecular flexibility index (Phi) is 6.55. The summed E-state index contributed by atoms with van der Waals surface area (Å²) in [6.45, 7) is 4.34. The standard InChI is InChI=1S/C25H32S2/c1-18-3-11-24(12-4-18)26-16-22-9-7-21-15-20(22)8-10-23(21)17-27-25-13-5-19(2)6-14-25/h3-6,11-14,20-23H,7-10,15-17H2,1-2H3/t20-,21-,22+,23+/m0/s1. The van der Waals surface area contributed by atoms with E-state index in [1.807, 2.05) is 0 Å². The summed E-state index contributed by atoms with van der Waals surface area (Å²) in [4.78, 5) is 2.90. The van der Waals surface area contributed by atoms with E-state index in [2.05, 4.69) is 85.9 Å². The van der Waals surface area contributed by atoms with Crippen LogP contribution in [0.4, 0.5) is 0 Å². The van der Waals surface area contributed by atoms with Gasteiger partial charge in [-0.25, -0.2) is 0 Å². The van der Waals surface area contributed by atoms with Gasteiger partial charge < -0.3 is 0 Å². The second-order valence-electron chi connectivity index (χ2n) is 8.68. The van der Waals surface area contributed by atoms with E-state index >= 15 is 0 Å². The SMILES string of the molecule is Cc1ccc(SC[C@H]2CC[C@H]3C[C@@H]2CC[C@@H]3CSc2ccc(C)cc2)cc1. The Bertz CT molecular complexity index is 655. The zero-order valence-electron chi connectivity index (χ0n) is 16.7. The fraction of sp³-hybridized carbons (Fsp3) is 0.520. The van der Waals surface area contributed by atoms with Gasteiger partial charge in [-0.3, -0.25) is 0 Å². The molecular formula is C25H32S2. The molecule has 0 heterocycles. The van der Waals surface area contributed by atoms with Gasteiger partial charge in [0, 0.05) is 21.3 Å². The van der Waals surface area contributed by atoms with Gasteiger partial charge in [0.15, 0.2) is 0 Å². The fourth-order valence-electron chi connectivity index (χ4n) is 4.92. The Hall–Kier alpha value is -0.860. The average molecular weight is 397 g/mol. The van der Waals surface area contributed by atoms with Crippen molar-refractivity contribution in [2.24, 2.45) is 23.7 Å². The molecule has 0 radical (unpaired) electrons. The van der Waals surface area contributed by atoms with Gasteiger partial charge >= 0.3 is 0 Å². The van der Waals surface area contributed by atoms with Crippen LogP contribution in [0.2, 0.25) is 0 Å². The normalized spacial score (nSPS) is 27.5. The van der Waals surface area contributed by atoms with Crippen molar-refractivity contribution in [1.82, 2.24) is 0 Å². The summed E-state index contributed by atoms with van der Waals surface area (Å²) in [5.41, 5.74) is 2.73. The predicted molar refractivity (Wildman–Crippen MR) is 121 cm³/mol. The summed E-state index contributed by atoms with van der Waals surface area (Å²) in [5, 5.41) is 0. The highest BCUT2D eigenvalue weighted by molar-refractivity contribution is 7.99. The Morgan fingerprint density at radius 2 is 1.04 bits per heavy atom. The van der Waals surface area contributed by atoms with Crippen molar-refractivity contribution in [3.8, 4) is 0 Å². The van der Waals surface area contributed by atoms with Gasteiger partial charge in [0.25, 0.3) is 0 Å². The minimum Gasteiger partial charge on any atom is -0.126 e. The van der Waals surface area contributed by atoms with Gasteiger partial charge in [0.2, 0.25) is 0 Å². The van der Waals surface area contributed by atoms with E-state index in [1.165, 1.54) is 64.5 Å². The number of rotatable bonds is 6. The first kappa shape index (κ1) is 19.5. The molecule has 2 bridgehead atoms. The third-order valence-corrected chi connectivity index (χ3v) is 9.13. The lowest BCUT2D eigenvalue weighted by atomic mass is 9.63. The van der Waals surface area contributed by atoms with Crippen LogP contribution in [0.1, 0.15) is 43.2 Å². The lowest BCUT2D eigenvalue weighted by Gasteiger charge is -2.44. The Labute approximate surface area is 173 Å². The molecule has 0 aliphatic heterocycles. The largest absolute Gasteiger partial charge is 0.126 e. The fourth-order valence-corrected chi connectivity index (χ4v) is 7.27. The molecule has 4 atom stereocenters. The Morgan fingerprint density at radius 3 is 1.44 bits per heavy atom. The number of hydrogen-bond acceptors (Lipinski definition) is 2. The van der Waals surface area contributed by atoms with Crippen molar-refractivity contribution in [2.45, 2.75) is 55.7 Å². The van der Waals surface area contributed by atoms with E-state index in [0.717, 1.165) is 23.7 Å². The molecule has 2 aromatic carbocycles. The van der Waals surface area contributed by atoms with Crippen LogP contribution in [-0.2, 0) is 0 Å². The molecule has 0 N–H and O–H groups in total. The van der Waals surface area contributed by atoms with E-state index in [9.17, 15) is 0 Å². The van der Waals surface area contributed by atoms with E-state index < -0.39 is 0 Å². The predicted octanol–water partition coefficient (Wildman–Crippen LogP) is 7.63. The first-order chi connectivity index (χ1) is 13.2. The summed E-state index contributed by atoms with van der Waals surface area (Å²) in [6.07, 6.45) is 7.35. The molecule has 0 unspecified atom stereocenters. The molecule has 0 aromatic heterocycles. The molecule has 2 fully saturated rings. The van der Waals surface area contributed by atoms with Gasteiger partial charge in [-0.1, -0.05) is 35.4 Å². The van der Waals surface area contributed by atoms with Crippen LogP contribution in [0.5, 0.6) is 0 Å². The monoisotopic (exact) mass is 396 g/mol. The maximum atomic E-state index is 2.30. The molecule has 4 rings (SSSR count). The lowest BCUT2D eigenvalue weighted by molar-refractivity contribution is 0.0933. The average Bonchev–Trinajstić information content (AvgIpc) is 2.69. The second kappa shape index (κ2) is 9.09. The molecule has 0 saturated heterocycles. The summed E-state index contributed by atoms with van der Waals surface area (Å²) < 4.78 is 0. The molecular weight excluding hydrogens is 364 g/mol. The molecule has 0 nitrogen and oxygen atoms in total. The van der Waals surface area contributed by atoms with Crippen molar-refractivity contribution in [3.05, 3.63) is 59.7 Å². The highest BCUT2D eigenvalue weighted by Crippen LogP contribution is 2.48. The van der Waals surface area contributed by atoms with Gasteiger partial charge in [0.05, 0.1) is 0 Å². The minimum absolute atomic E-state index is 0.943. The number of hydrogen-bond donors (Lipinski definition) is 0. The van der Waals surface area contributed by atoms with Crippen molar-refractivity contribution in [2.75, 3.05) is 11.5 Å². The zero-order valence-corrected chi connectivity index (χ0v) is 18.3. The highest BCUT2D eigenvalue weighted by Gasteiger charge is 2.38. The number of thioether (sulfide) groups is 2. The Balaban J connectivity index is 1.25. The first-order valence-electron chi connectivity index (χ1n) is 10.6. The van der Waals surface area contributed by atoms with Gasteiger partial charge in [-0.15, -0.1) is 23.5 Å². The molecule has 0 amide bonds. The van der Waals surface area contributed by atoms with Crippen LogP contribution < -0.4 is 0 Å². The van der Waals surface area contributed by atoms with Gasteiger partial charge in [-0.05, 0) is 93.9 Å². The Morgan fingerprint density at radius 1 is 0.630 bits per heavy atom. The van der Waals surface area contributed by atoms with Crippen molar-refractivity contribution >= 4 is 23.5 Å². The van der Waals surface area contributed by atoms with Crippen LogP contribution in [0.15, 0.2) is 58.3 Å². The smallest absolute Gasteiger partial charge is 0.00722 e. The summed E-state index contributed by atoms with van der Waals surface area (Å²) in [5.74, 6) is 6.51. The molecule has 2 saturated carbocycles. The molecule has 2 aliphatic rings. The van der Waals surface area contributed by atoms with Crippen LogP contribution >= 0.6 is 23.5 Å². The van der Waals surface area contributed by atoms with Crippen LogP contribution in [0.25, 0.3) is 0 Å². The van der Waals surface area contributed by atoms with Crippen LogP contribution in [-0.4, -0.2) is 11.5 Å². The van der Waals surface area contributed by atoms with Crippen molar-refractivity contribution in [3.63, 3.8) is 0 Å². The van der Waals surface area contributed by atoms with E-state index in [4.69, 9.17) is 0 Å². The maximum Gasteiger partial charge on any atom is 0.00722 e. The third-order valence-electron chi connectivity index (χ3n) is 6.73. The molecule has 2 aliphatic carbocycles. The lowest BCUT2D eigenvalue weighted by Crippen LogP contribution is -2.36. The molecule has 2 aromatic rings. The quantitative estimate of drug-likeness (QED) is 0.460. The van der Waals surface area contributed by atoms with E-state index in [1.54, 1.807) is 0 Å². The highest BCUT2D eigenvalue weighted by atomic mass is 32.2. The van der Waals surface area contributed by atoms with Crippen molar-refractivity contribution < 1.29 is 0 Å². The first-order valence-corrected chi connectivity index (χ1v) is 12.5. The van der Waals surface area contributed by atoms with E-state index in [-0.39, 0.29) is 0 Å². The number of fused-ring (bicyclic) bond motifs is 2. The molecule has 144 valence electrons. The molecule has 0 spiro atoms. The molecule has 27 heavy (non-hydrogen) atoms. The summed E-state index contributed by atoms with van der Waals surface area (Å²) in [6, 6.07) is 18.2. The third kappa shape index (κ3) is 5.15. The minimum atomic E-state index is 0.943. The van der Waals surface area contributed by atoms with Crippen LogP contribution in [0.3, 0.4) is 0 Å². The van der Waals surface area contributed by atoms with E-state index in [0.29, 0.717) is 0 Å². The van der Waals surface area contributed by atoms with Gasteiger partial charge in [0.1, 0.15) is 0 Å². The summed E-state index contributed by atoms with van der Waals surface area (Å²) >= 11 is 4.17. The topological polar surface area (TPSA) is 0 Å². The molecule has 2 heteroatoms.